The normalized spacial score (nSPS) is 10.8. The van der Waals surface area contributed by atoms with Crippen molar-refractivity contribution in [1.82, 2.24) is 4.98 Å². The number of benzene rings is 2. The average Bonchev–Trinajstić information content (AvgIpc) is 2.89. The van der Waals surface area contributed by atoms with Gasteiger partial charge in [0.15, 0.2) is 5.13 Å². The molecule has 0 radical (unpaired) electrons. The molecule has 8 heteroatoms. The average molecular weight is 388 g/mol. The number of nitrogens with one attached hydrogen (secondary N) is 1. The van der Waals surface area contributed by atoms with Crippen molar-refractivity contribution >= 4 is 67.4 Å². The maximum atomic E-state index is 12.3. The fourth-order valence-electron chi connectivity index (χ4n) is 1.98. The number of halogens is 3. The van der Waals surface area contributed by atoms with Crippen molar-refractivity contribution in [2.75, 3.05) is 12.4 Å². The van der Waals surface area contributed by atoms with Crippen LogP contribution < -0.4 is 10.1 Å². The van der Waals surface area contributed by atoms with E-state index in [0.717, 1.165) is 4.70 Å². The van der Waals surface area contributed by atoms with Crippen molar-refractivity contribution in [1.29, 1.82) is 0 Å². The molecule has 0 aliphatic carbocycles. The van der Waals surface area contributed by atoms with Crippen molar-refractivity contribution in [3.05, 3.63) is 51.0 Å². The Morgan fingerprint density at radius 1 is 1.17 bits per heavy atom. The molecule has 0 fully saturated rings. The first kappa shape index (κ1) is 16.3. The van der Waals surface area contributed by atoms with E-state index in [1.165, 1.54) is 24.5 Å². The maximum absolute atomic E-state index is 12.3. The maximum Gasteiger partial charge on any atom is 0.259 e. The molecule has 1 heterocycles. The Labute approximate surface area is 150 Å². The van der Waals surface area contributed by atoms with Gasteiger partial charge in [0, 0.05) is 11.1 Å². The van der Waals surface area contributed by atoms with Gasteiger partial charge >= 0.3 is 0 Å². The highest BCUT2D eigenvalue weighted by Gasteiger charge is 2.15. The van der Waals surface area contributed by atoms with Crippen LogP contribution in [0.1, 0.15) is 10.4 Å². The molecule has 0 spiro atoms. The van der Waals surface area contributed by atoms with E-state index in [0.29, 0.717) is 31.5 Å². The highest BCUT2D eigenvalue weighted by molar-refractivity contribution is 7.22. The molecule has 0 aliphatic rings. The molecular weight excluding hydrogens is 379 g/mol. The van der Waals surface area contributed by atoms with Gasteiger partial charge in [-0.25, -0.2) is 4.98 Å². The zero-order chi connectivity index (χ0) is 16.6. The molecule has 0 bridgehead atoms. The Morgan fingerprint density at radius 3 is 2.70 bits per heavy atom. The number of nitrogens with zero attached hydrogens (tertiary/aromatic N) is 1. The predicted molar refractivity (Wildman–Crippen MR) is 95.6 cm³/mol. The monoisotopic (exact) mass is 386 g/mol. The van der Waals surface area contributed by atoms with Crippen LogP contribution in [0.2, 0.25) is 15.1 Å². The van der Waals surface area contributed by atoms with Crippen LogP contribution in [0.5, 0.6) is 5.75 Å². The molecular formula is C15H9Cl3N2O2S. The SMILES string of the molecule is COc1cc2sc(NC(=O)c3cc(Cl)ccc3Cl)nc2cc1Cl. The van der Waals surface area contributed by atoms with Crippen LogP contribution >= 0.6 is 46.1 Å². The second-order valence-corrected chi connectivity index (χ2v) is 6.83. The minimum absolute atomic E-state index is 0.286. The molecule has 0 saturated carbocycles. The Bertz CT molecular complexity index is 911. The number of ether oxygens (including phenoxy) is 1. The van der Waals surface area contributed by atoms with Crippen LogP contribution in [-0.2, 0) is 0 Å². The van der Waals surface area contributed by atoms with E-state index >= 15 is 0 Å². The second-order valence-electron chi connectivity index (χ2n) is 4.55. The fourth-order valence-corrected chi connectivity index (χ4v) is 3.46. The van der Waals surface area contributed by atoms with Gasteiger partial charge in [-0.3, -0.25) is 10.1 Å². The van der Waals surface area contributed by atoms with E-state index in [1.807, 2.05) is 0 Å². The number of methoxy groups -OCH3 is 1. The third kappa shape index (κ3) is 3.38. The van der Waals surface area contributed by atoms with Gasteiger partial charge in [0.05, 0.1) is 32.9 Å². The molecule has 1 N–H and O–H groups in total. The minimum atomic E-state index is -0.380. The number of aromatic nitrogens is 1. The van der Waals surface area contributed by atoms with Crippen molar-refractivity contribution < 1.29 is 9.53 Å². The van der Waals surface area contributed by atoms with Crippen molar-refractivity contribution in [2.24, 2.45) is 0 Å². The highest BCUT2D eigenvalue weighted by atomic mass is 35.5. The number of carbonyl (C=O) groups excluding carboxylic acids is 1. The van der Waals surface area contributed by atoms with Gasteiger partial charge in [0.25, 0.3) is 5.91 Å². The third-order valence-corrected chi connectivity index (χ3v) is 4.85. The van der Waals surface area contributed by atoms with E-state index in [-0.39, 0.29) is 11.5 Å². The van der Waals surface area contributed by atoms with Gasteiger partial charge < -0.3 is 4.74 Å². The summed E-state index contributed by atoms with van der Waals surface area (Å²) in [5.41, 5.74) is 0.960. The number of hydrogen-bond donors (Lipinski definition) is 1. The summed E-state index contributed by atoms with van der Waals surface area (Å²) < 4.78 is 6.02. The number of amides is 1. The molecule has 4 nitrogen and oxygen atoms in total. The Morgan fingerprint density at radius 2 is 1.96 bits per heavy atom. The van der Waals surface area contributed by atoms with Crippen LogP contribution in [0, 0.1) is 0 Å². The topological polar surface area (TPSA) is 51.2 Å². The highest BCUT2D eigenvalue weighted by Crippen LogP contribution is 2.34. The first-order valence-corrected chi connectivity index (χ1v) is 8.33. The zero-order valence-corrected chi connectivity index (χ0v) is 14.8. The summed E-state index contributed by atoms with van der Waals surface area (Å²) >= 11 is 19.3. The number of anilines is 1. The summed E-state index contributed by atoms with van der Waals surface area (Å²) in [6.45, 7) is 0. The zero-order valence-electron chi connectivity index (χ0n) is 11.7. The number of hydrogen-bond acceptors (Lipinski definition) is 4. The molecule has 1 amide bonds. The van der Waals surface area contributed by atoms with Crippen LogP contribution in [0.4, 0.5) is 5.13 Å². The summed E-state index contributed by atoms with van der Waals surface area (Å²) in [6, 6.07) is 8.16. The number of carbonyl (C=O) groups is 1. The molecule has 23 heavy (non-hydrogen) atoms. The fraction of sp³-hybridized carbons (Fsp3) is 0.0667. The minimum Gasteiger partial charge on any atom is -0.495 e. The molecule has 0 saturated heterocycles. The van der Waals surface area contributed by atoms with Crippen molar-refractivity contribution in [2.45, 2.75) is 0 Å². The van der Waals surface area contributed by atoms with Gasteiger partial charge in [-0.1, -0.05) is 46.1 Å². The third-order valence-electron chi connectivity index (χ3n) is 3.06. The molecule has 118 valence electrons. The lowest BCUT2D eigenvalue weighted by Crippen LogP contribution is -2.12. The van der Waals surface area contributed by atoms with Crippen LogP contribution in [0.3, 0.4) is 0 Å². The number of rotatable bonds is 3. The number of thiazole rings is 1. The van der Waals surface area contributed by atoms with E-state index < -0.39 is 0 Å². The first-order chi connectivity index (χ1) is 11.0. The number of fused-ring (bicyclic) bond motifs is 1. The second kappa shape index (κ2) is 6.53. The van der Waals surface area contributed by atoms with E-state index in [2.05, 4.69) is 10.3 Å². The molecule has 2 aromatic carbocycles. The van der Waals surface area contributed by atoms with Crippen LogP contribution in [0.25, 0.3) is 10.2 Å². The van der Waals surface area contributed by atoms with Crippen LogP contribution in [-0.4, -0.2) is 18.0 Å². The van der Waals surface area contributed by atoms with Crippen molar-refractivity contribution in [3.8, 4) is 5.75 Å². The van der Waals surface area contributed by atoms with Gasteiger partial charge in [-0.05, 0) is 24.3 Å². The van der Waals surface area contributed by atoms with Gasteiger partial charge in [0.2, 0.25) is 0 Å². The lowest BCUT2D eigenvalue weighted by molar-refractivity contribution is 0.102. The van der Waals surface area contributed by atoms with E-state index in [9.17, 15) is 4.79 Å². The first-order valence-electron chi connectivity index (χ1n) is 6.38. The molecule has 0 atom stereocenters. The lowest BCUT2D eigenvalue weighted by Gasteiger charge is -2.04. The smallest absolute Gasteiger partial charge is 0.259 e. The van der Waals surface area contributed by atoms with E-state index in [1.54, 1.807) is 24.3 Å². The molecule has 3 aromatic rings. The Hall–Kier alpha value is -1.53. The molecule has 0 unspecified atom stereocenters. The summed E-state index contributed by atoms with van der Waals surface area (Å²) in [5.74, 6) is 0.174. The molecule has 1 aromatic heterocycles. The molecule has 0 aliphatic heterocycles. The van der Waals surface area contributed by atoms with Gasteiger partial charge in [-0.2, -0.15) is 0 Å². The summed E-state index contributed by atoms with van der Waals surface area (Å²) in [5, 5.41) is 4.36. The van der Waals surface area contributed by atoms with Gasteiger partial charge in [0.1, 0.15) is 5.75 Å². The lowest BCUT2D eigenvalue weighted by atomic mass is 10.2. The van der Waals surface area contributed by atoms with Crippen molar-refractivity contribution in [3.63, 3.8) is 0 Å². The summed E-state index contributed by atoms with van der Waals surface area (Å²) in [6.07, 6.45) is 0. The Balaban J connectivity index is 1.92. The predicted octanol–water partition coefficient (Wildman–Crippen LogP) is 5.52. The summed E-state index contributed by atoms with van der Waals surface area (Å²) in [7, 11) is 1.54. The quantitative estimate of drug-likeness (QED) is 0.644. The standard InChI is InChI=1S/C15H9Cl3N2O2S/c1-22-12-6-13-11(5-10(12)18)19-15(23-13)20-14(21)8-4-7(16)2-3-9(8)17/h2-6H,1H3,(H,19,20,21). The van der Waals surface area contributed by atoms with E-state index in [4.69, 9.17) is 39.5 Å². The van der Waals surface area contributed by atoms with Crippen LogP contribution in [0.15, 0.2) is 30.3 Å². The largest absolute Gasteiger partial charge is 0.495 e. The molecule has 3 rings (SSSR count). The Kier molecular flexibility index (Phi) is 4.64. The van der Waals surface area contributed by atoms with Gasteiger partial charge in [-0.15, -0.1) is 0 Å². The summed E-state index contributed by atoms with van der Waals surface area (Å²) in [4.78, 5) is 16.7.